The van der Waals surface area contributed by atoms with Gasteiger partial charge >= 0.3 is 0 Å². The second-order valence-corrected chi connectivity index (χ2v) is 6.16. The van der Waals surface area contributed by atoms with Gasteiger partial charge < -0.3 is 24.8 Å². The normalized spacial score (nSPS) is 10.7. The molecule has 6 nitrogen and oxygen atoms in total. The van der Waals surface area contributed by atoms with Gasteiger partial charge in [0.2, 0.25) is 5.75 Å². The molecule has 0 aromatic heterocycles. The van der Waals surface area contributed by atoms with Crippen LogP contribution < -0.4 is 24.8 Å². The molecule has 0 saturated carbocycles. The van der Waals surface area contributed by atoms with Gasteiger partial charge in [0.1, 0.15) is 0 Å². The van der Waals surface area contributed by atoms with Gasteiger partial charge in [-0.2, -0.15) is 0 Å². The molecule has 0 unspecified atom stereocenters. The van der Waals surface area contributed by atoms with Crippen LogP contribution >= 0.6 is 35.6 Å². The van der Waals surface area contributed by atoms with Gasteiger partial charge in [-0.05, 0) is 36.2 Å². The minimum Gasteiger partial charge on any atom is -0.493 e. The number of hydrogen-bond donors (Lipinski definition) is 2. The highest BCUT2D eigenvalue weighted by Crippen LogP contribution is 2.39. The number of methoxy groups -OCH3 is 3. The fourth-order valence-corrected chi connectivity index (χ4v) is 2.80. The van der Waals surface area contributed by atoms with Crippen LogP contribution in [0, 0.1) is 0 Å². The van der Waals surface area contributed by atoms with Crippen LogP contribution in [0.4, 0.5) is 0 Å². The molecule has 0 fully saturated rings. The molecule has 154 valence electrons. The Morgan fingerprint density at radius 3 is 2.18 bits per heavy atom. The molecule has 8 heteroatoms. The predicted molar refractivity (Wildman–Crippen MR) is 125 cm³/mol. The average Bonchev–Trinajstić information content (AvgIpc) is 2.70. The quantitative estimate of drug-likeness (QED) is 0.315. The van der Waals surface area contributed by atoms with Crippen LogP contribution in [0.1, 0.15) is 11.1 Å². The van der Waals surface area contributed by atoms with Crippen molar-refractivity contribution in [2.45, 2.75) is 13.0 Å². The Balaban J connectivity index is 0.00000392. The molecule has 2 aromatic carbocycles. The fraction of sp³-hybridized carbons (Fsp3) is 0.350. The molecule has 28 heavy (non-hydrogen) atoms. The van der Waals surface area contributed by atoms with Crippen molar-refractivity contribution in [2.24, 2.45) is 4.99 Å². The van der Waals surface area contributed by atoms with E-state index in [0.717, 1.165) is 23.6 Å². The highest BCUT2D eigenvalue weighted by Gasteiger charge is 2.15. The summed E-state index contributed by atoms with van der Waals surface area (Å²) in [5.41, 5.74) is 2.15. The van der Waals surface area contributed by atoms with E-state index in [1.54, 1.807) is 28.4 Å². The highest BCUT2D eigenvalue weighted by atomic mass is 127. The zero-order chi connectivity index (χ0) is 19.6. The largest absolute Gasteiger partial charge is 0.493 e. The lowest BCUT2D eigenvalue weighted by Gasteiger charge is -2.17. The Hall–Kier alpha value is -1.87. The van der Waals surface area contributed by atoms with Gasteiger partial charge in [-0.15, -0.1) is 24.0 Å². The zero-order valence-corrected chi connectivity index (χ0v) is 19.6. The Morgan fingerprint density at radius 1 is 0.929 bits per heavy atom. The summed E-state index contributed by atoms with van der Waals surface area (Å²) in [4.78, 5) is 4.26. The monoisotopic (exact) mass is 519 g/mol. The molecule has 0 aliphatic heterocycles. The summed E-state index contributed by atoms with van der Waals surface area (Å²) in [6, 6.07) is 11.6. The maximum absolute atomic E-state index is 5.91. The molecule has 0 amide bonds. The molecule has 0 spiro atoms. The molecule has 0 atom stereocenters. The van der Waals surface area contributed by atoms with Crippen LogP contribution in [0.2, 0.25) is 5.02 Å². The number of aliphatic imine (C=N–C) groups is 1. The van der Waals surface area contributed by atoms with Gasteiger partial charge in [0, 0.05) is 30.7 Å². The zero-order valence-electron chi connectivity index (χ0n) is 16.5. The molecule has 0 aliphatic rings. The van der Waals surface area contributed by atoms with Gasteiger partial charge in [-0.1, -0.05) is 23.7 Å². The average molecular weight is 520 g/mol. The first-order valence-electron chi connectivity index (χ1n) is 8.59. The van der Waals surface area contributed by atoms with Crippen LogP contribution in [0.3, 0.4) is 0 Å². The van der Waals surface area contributed by atoms with Crippen LogP contribution in [0.15, 0.2) is 41.4 Å². The molecule has 2 N–H and O–H groups in total. The highest BCUT2D eigenvalue weighted by molar-refractivity contribution is 14.0. The Morgan fingerprint density at radius 2 is 1.61 bits per heavy atom. The molecule has 2 aromatic rings. The first kappa shape index (κ1) is 24.2. The van der Waals surface area contributed by atoms with E-state index < -0.39 is 0 Å². The number of nitrogens with one attached hydrogen (secondary N) is 2. The van der Waals surface area contributed by atoms with Crippen molar-refractivity contribution < 1.29 is 14.2 Å². The summed E-state index contributed by atoms with van der Waals surface area (Å²) in [5, 5.41) is 7.33. The van der Waals surface area contributed by atoms with E-state index in [1.165, 1.54) is 5.56 Å². The topological polar surface area (TPSA) is 64.1 Å². The third-order valence-electron chi connectivity index (χ3n) is 4.07. The third kappa shape index (κ3) is 6.63. The summed E-state index contributed by atoms with van der Waals surface area (Å²) in [6.45, 7) is 1.29. The summed E-state index contributed by atoms with van der Waals surface area (Å²) >= 11 is 5.91. The fourth-order valence-electron chi connectivity index (χ4n) is 2.68. The number of rotatable bonds is 8. The molecule has 0 bridgehead atoms. The van der Waals surface area contributed by atoms with Crippen molar-refractivity contribution in [1.82, 2.24) is 10.6 Å². The summed E-state index contributed by atoms with van der Waals surface area (Å²) < 4.78 is 16.2. The predicted octanol–water partition coefficient (Wildman–Crippen LogP) is 3.89. The van der Waals surface area contributed by atoms with Gasteiger partial charge in [-0.3, -0.25) is 4.99 Å². The van der Waals surface area contributed by atoms with E-state index in [9.17, 15) is 0 Å². The minimum atomic E-state index is 0. The lowest BCUT2D eigenvalue weighted by atomic mass is 10.1. The number of ether oxygens (including phenoxy) is 3. The van der Waals surface area contributed by atoms with Gasteiger partial charge in [-0.25, -0.2) is 0 Å². The molecular formula is C20H27ClIN3O3. The number of guanidine groups is 1. The molecule has 0 aliphatic carbocycles. The number of nitrogens with zero attached hydrogens (tertiary/aromatic N) is 1. The minimum absolute atomic E-state index is 0. The molecule has 0 radical (unpaired) electrons. The first-order valence-corrected chi connectivity index (χ1v) is 8.97. The van der Waals surface area contributed by atoms with Crippen molar-refractivity contribution in [3.63, 3.8) is 0 Å². The van der Waals surface area contributed by atoms with Crippen molar-refractivity contribution in [2.75, 3.05) is 34.9 Å². The Labute approximate surface area is 188 Å². The van der Waals surface area contributed by atoms with Crippen molar-refractivity contribution >= 4 is 41.5 Å². The van der Waals surface area contributed by atoms with Crippen LogP contribution in [-0.4, -0.2) is 40.9 Å². The van der Waals surface area contributed by atoms with E-state index in [2.05, 4.69) is 15.6 Å². The standard InChI is InChI=1S/C20H26ClN3O3.HI/c1-22-20(23-12-11-14-5-8-16(21)9-6-14)24-13-15-7-10-17(25-2)19(27-4)18(15)26-3;/h5-10H,11-13H2,1-4H3,(H2,22,23,24);1H. The van der Waals surface area contributed by atoms with E-state index >= 15 is 0 Å². The molecule has 0 heterocycles. The maximum Gasteiger partial charge on any atom is 0.203 e. The van der Waals surface area contributed by atoms with Crippen molar-refractivity contribution in [1.29, 1.82) is 0 Å². The number of halogens is 2. The molecule has 2 rings (SSSR count). The first-order chi connectivity index (χ1) is 13.1. The van der Waals surface area contributed by atoms with E-state index in [0.29, 0.717) is 29.8 Å². The Kier molecular flexibility index (Phi) is 10.8. The van der Waals surface area contributed by atoms with Gasteiger partial charge in [0.25, 0.3) is 0 Å². The van der Waals surface area contributed by atoms with E-state index in [4.69, 9.17) is 25.8 Å². The Bertz CT molecular complexity index is 770. The lowest BCUT2D eigenvalue weighted by molar-refractivity contribution is 0.322. The summed E-state index contributed by atoms with van der Waals surface area (Å²) in [6.07, 6.45) is 0.873. The third-order valence-corrected chi connectivity index (χ3v) is 4.33. The second kappa shape index (κ2) is 12.6. The summed E-state index contributed by atoms with van der Waals surface area (Å²) in [7, 11) is 6.54. The molecular weight excluding hydrogens is 493 g/mol. The second-order valence-electron chi connectivity index (χ2n) is 5.72. The lowest BCUT2D eigenvalue weighted by Crippen LogP contribution is -2.37. The number of benzene rings is 2. The van der Waals surface area contributed by atoms with Crippen molar-refractivity contribution in [3.05, 3.63) is 52.5 Å². The van der Waals surface area contributed by atoms with Gasteiger partial charge in [0.15, 0.2) is 17.5 Å². The van der Waals surface area contributed by atoms with Crippen LogP contribution in [-0.2, 0) is 13.0 Å². The number of hydrogen-bond acceptors (Lipinski definition) is 4. The van der Waals surface area contributed by atoms with Crippen LogP contribution in [0.25, 0.3) is 0 Å². The van der Waals surface area contributed by atoms with Crippen LogP contribution in [0.5, 0.6) is 17.2 Å². The maximum atomic E-state index is 5.91. The van der Waals surface area contributed by atoms with Gasteiger partial charge in [0.05, 0.1) is 21.3 Å². The van der Waals surface area contributed by atoms with E-state index in [-0.39, 0.29) is 24.0 Å². The smallest absolute Gasteiger partial charge is 0.203 e. The summed E-state index contributed by atoms with van der Waals surface area (Å²) in [5.74, 6) is 2.55. The molecule has 0 saturated heterocycles. The van der Waals surface area contributed by atoms with Crippen molar-refractivity contribution in [3.8, 4) is 17.2 Å². The van der Waals surface area contributed by atoms with E-state index in [1.807, 2.05) is 36.4 Å². The SMILES string of the molecule is CN=C(NCCc1ccc(Cl)cc1)NCc1ccc(OC)c(OC)c1OC.I.